The van der Waals surface area contributed by atoms with Gasteiger partial charge in [-0.25, -0.2) is 4.98 Å². The molecule has 3 aromatic rings. The number of ether oxygens (including phenoxy) is 1. The Kier molecular flexibility index (Phi) is 4.56. The Morgan fingerprint density at radius 3 is 2.86 bits per heavy atom. The molecule has 0 amide bonds. The molecule has 1 saturated heterocycles. The van der Waals surface area contributed by atoms with E-state index in [-0.39, 0.29) is 5.56 Å². The number of aromatic nitrogens is 5. The third-order valence-electron chi connectivity index (χ3n) is 5.14. The molecule has 0 bridgehead atoms. The van der Waals surface area contributed by atoms with Gasteiger partial charge in [0.1, 0.15) is 5.65 Å². The average molecular weight is 398 g/mol. The zero-order valence-corrected chi connectivity index (χ0v) is 16.6. The summed E-state index contributed by atoms with van der Waals surface area (Å²) in [7, 11) is 0. The SMILES string of the molecule is Cc1cccn2c(=O)cc(CSc3nnc(N4CCOCC4)n3C3CC3)nc12. The number of anilines is 1. The Hall–Kier alpha value is -2.39. The molecule has 8 nitrogen and oxygen atoms in total. The second-order valence-corrected chi connectivity index (χ2v) is 8.18. The zero-order chi connectivity index (χ0) is 19.1. The predicted molar refractivity (Wildman–Crippen MR) is 107 cm³/mol. The lowest BCUT2D eigenvalue weighted by Gasteiger charge is -2.27. The number of hydrogen-bond acceptors (Lipinski definition) is 7. The molecular weight excluding hydrogens is 376 g/mol. The van der Waals surface area contributed by atoms with Crippen LogP contribution in [0.25, 0.3) is 5.65 Å². The summed E-state index contributed by atoms with van der Waals surface area (Å²) in [5, 5.41) is 9.82. The largest absolute Gasteiger partial charge is 0.378 e. The van der Waals surface area contributed by atoms with E-state index in [0.29, 0.717) is 17.4 Å². The highest BCUT2D eigenvalue weighted by atomic mass is 32.2. The van der Waals surface area contributed by atoms with Crippen LogP contribution in [0.15, 0.2) is 34.3 Å². The monoisotopic (exact) mass is 398 g/mol. The van der Waals surface area contributed by atoms with Crippen molar-refractivity contribution in [3.05, 3.63) is 46.0 Å². The first-order chi connectivity index (χ1) is 13.7. The van der Waals surface area contributed by atoms with Gasteiger partial charge in [0, 0.05) is 37.1 Å². The van der Waals surface area contributed by atoms with Crippen LogP contribution in [-0.2, 0) is 10.5 Å². The Labute approximate surface area is 166 Å². The molecule has 0 atom stereocenters. The van der Waals surface area contributed by atoms with Crippen molar-refractivity contribution in [3.63, 3.8) is 0 Å². The minimum absolute atomic E-state index is 0.0537. The average Bonchev–Trinajstić information content (AvgIpc) is 3.47. The molecule has 28 heavy (non-hydrogen) atoms. The molecule has 3 aromatic heterocycles. The van der Waals surface area contributed by atoms with Crippen molar-refractivity contribution in [1.29, 1.82) is 0 Å². The highest BCUT2D eigenvalue weighted by Gasteiger charge is 2.32. The van der Waals surface area contributed by atoms with Crippen LogP contribution in [0.3, 0.4) is 0 Å². The van der Waals surface area contributed by atoms with E-state index in [0.717, 1.165) is 61.5 Å². The summed E-state index contributed by atoms with van der Waals surface area (Å²) in [5.41, 5.74) is 2.41. The summed E-state index contributed by atoms with van der Waals surface area (Å²) in [6, 6.07) is 5.93. The third-order valence-corrected chi connectivity index (χ3v) is 6.12. The molecule has 4 heterocycles. The first-order valence-corrected chi connectivity index (χ1v) is 10.6. The molecule has 9 heteroatoms. The van der Waals surface area contributed by atoms with E-state index in [1.807, 2.05) is 19.1 Å². The fraction of sp³-hybridized carbons (Fsp3) is 0.474. The number of thioether (sulfide) groups is 1. The zero-order valence-electron chi connectivity index (χ0n) is 15.7. The van der Waals surface area contributed by atoms with Gasteiger partial charge < -0.3 is 9.64 Å². The maximum Gasteiger partial charge on any atom is 0.258 e. The molecule has 0 spiro atoms. The van der Waals surface area contributed by atoms with Crippen LogP contribution >= 0.6 is 11.8 Å². The van der Waals surface area contributed by atoms with Crippen molar-refractivity contribution in [2.75, 3.05) is 31.2 Å². The molecule has 0 aromatic carbocycles. The number of fused-ring (bicyclic) bond motifs is 1. The Morgan fingerprint density at radius 2 is 2.07 bits per heavy atom. The van der Waals surface area contributed by atoms with Gasteiger partial charge >= 0.3 is 0 Å². The Morgan fingerprint density at radius 1 is 1.25 bits per heavy atom. The molecule has 1 aliphatic heterocycles. The normalized spacial score (nSPS) is 17.4. The van der Waals surface area contributed by atoms with Gasteiger partial charge in [0.2, 0.25) is 5.95 Å². The molecule has 1 aliphatic carbocycles. The van der Waals surface area contributed by atoms with Crippen LogP contribution in [0.4, 0.5) is 5.95 Å². The second-order valence-electron chi connectivity index (χ2n) is 7.24. The maximum absolute atomic E-state index is 12.4. The van der Waals surface area contributed by atoms with Crippen molar-refractivity contribution in [2.24, 2.45) is 0 Å². The molecule has 2 aliphatic rings. The third kappa shape index (κ3) is 3.29. The number of rotatable bonds is 5. The summed E-state index contributed by atoms with van der Waals surface area (Å²) in [6.07, 6.45) is 4.09. The number of morpholine rings is 1. The summed E-state index contributed by atoms with van der Waals surface area (Å²) < 4.78 is 9.31. The minimum atomic E-state index is -0.0537. The fourth-order valence-electron chi connectivity index (χ4n) is 3.52. The lowest BCUT2D eigenvalue weighted by atomic mass is 10.3. The van der Waals surface area contributed by atoms with Crippen molar-refractivity contribution in [1.82, 2.24) is 24.1 Å². The number of nitrogens with zero attached hydrogens (tertiary/aromatic N) is 6. The van der Waals surface area contributed by atoms with Gasteiger partial charge in [-0.2, -0.15) is 0 Å². The minimum Gasteiger partial charge on any atom is -0.378 e. The van der Waals surface area contributed by atoms with Crippen LogP contribution in [-0.4, -0.2) is 50.5 Å². The Bertz CT molecular complexity index is 1070. The van der Waals surface area contributed by atoms with Crippen LogP contribution in [0.2, 0.25) is 0 Å². The molecule has 5 rings (SSSR count). The standard InChI is InChI=1S/C19H22N6O2S/c1-13-3-2-6-24-16(26)11-14(20-17(13)24)12-28-19-22-21-18(25(19)15-4-5-15)23-7-9-27-10-8-23/h2-3,6,11,15H,4-5,7-10,12H2,1H3. The lowest BCUT2D eigenvalue weighted by molar-refractivity contribution is 0.121. The Balaban J connectivity index is 1.41. The first kappa shape index (κ1) is 17.7. The van der Waals surface area contributed by atoms with E-state index < -0.39 is 0 Å². The van der Waals surface area contributed by atoms with Crippen molar-refractivity contribution < 1.29 is 4.74 Å². The topological polar surface area (TPSA) is 77.5 Å². The number of pyridine rings is 1. The molecule has 1 saturated carbocycles. The van der Waals surface area contributed by atoms with E-state index >= 15 is 0 Å². The van der Waals surface area contributed by atoms with Crippen LogP contribution in [0.1, 0.15) is 30.1 Å². The number of hydrogen-bond donors (Lipinski definition) is 0. The van der Waals surface area contributed by atoms with E-state index in [2.05, 4.69) is 19.7 Å². The van der Waals surface area contributed by atoms with Gasteiger partial charge in [0.05, 0.1) is 18.9 Å². The molecular formula is C19H22N6O2S. The van der Waals surface area contributed by atoms with E-state index in [1.54, 1.807) is 28.4 Å². The quantitative estimate of drug-likeness (QED) is 0.609. The molecule has 146 valence electrons. The maximum atomic E-state index is 12.4. The van der Waals surface area contributed by atoms with Gasteiger partial charge in [-0.3, -0.25) is 13.8 Å². The van der Waals surface area contributed by atoms with Crippen molar-refractivity contribution >= 4 is 23.4 Å². The van der Waals surface area contributed by atoms with Crippen LogP contribution in [0, 0.1) is 6.92 Å². The highest BCUT2D eigenvalue weighted by Crippen LogP contribution is 2.41. The molecule has 0 radical (unpaired) electrons. The second kappa shape index (κ2) is 7.21. The summed E-state index contributed by atoms with van der Waals surface area (Å²) in [4.78, 5) is 19.4. The van der Waals surface area contributed by atoms with Gasteiger partial charge in [0.25, 0.3) is 5.56 Å². The predicted octanol–water partition coefficient (Wildman–Crippen LogP) is 2.06. The molecule has 0 unspecified atom stereocenters. The van der Waals surface area contributed by atoms with E-state index in [9.17, 15) is 4.79 Å². The summed E-state index contributed by atoms with van der Waals surface area (Å²) >= 11 is 1.60. The van der Waals surface area contributed by atoms with E-state index in [4.69, 9.17) is 9.72 Å². The highest BCUT2D eigenvalue weighted by molar-refractivity contribution is 7.98. The lowest BCUT2D eigenvalue weighted by Crippen LogP contribution is -2.38. The van der Waals surface area contributed by atoms with Gasteiger partial charge in [-0.05, 0) is 31.4 Å². The van der Waals surface area contributed by atoms with E-state index in [1.165, 1.54) is 0 Å². The molecule has 0 N–H and O–H groups in total. The van der Waals surface area contributed by atoms with Crippen molar-refractivity contribution in [3.8, 4) is 0 Å². The molecule has 2 fully saturated rings. The summed E-state index contributed by atoms with van der Waals surface area (Å²) in [5.74, 6) is 1.53. The number of aryl methyl sites for hydroxylation is 1. The van der Waals surface area contributed by atoms with Gasteiger partial charge in [-0.1, -0.05) is 17.8 Å². The fourth-order valence-corrected chi connectivity index (χ4v) is 4.41. The van der Waals surface area contributed by atoms with Crippen molar-refractivity contribution in [2.45, 2.75) is 36.7 Å². The van der Waals surface area contributed by atoms with Crippen LogP contribution in [0.5, 0.6) is 0 Å². The first-order valence-electron chi connectivity index (χ1n) is 9.59. The summed E-state index contributed by atoms with van der Waals surface area (Å²) in [6.45, 7) is 5.11. The van der Waals surface area contributed by atoms with Crippen LogP contribution < -0.4 is 10.5 Å². The van der Waals surface area contributed by atoms with Gasteiger partial charge in [-0.15, -0.1) is 10.2 Å². The van der Waals surface area contributed by atoms with Gasteiger partial charge in [0.15, 0.2) is 5.16 Å². The smallest absolute Gasteiger partial charge is 0.258 e.